The molecule has 0 saturated carbocycles. The van der Waals surface area contributed by atoms with Crippen molar-refractivity contribution in [2.75, 3.05) is 31.3 Å². The molecule has 7 heteroatoms. The van der Waals surface area contributed by atoms with Crippen LogP contribution in [0.4, 0.5) is 0 Å². The second-order valence-electron chi connectivity index (χ2n) is 3.93. The fraction of sp³-hybridized carbons (Fsp3) is 1.00. The Morgan fingerprint density at radius 3 is 2.24 bits per heavy atom. The first-order valence-electron chi connectivity index (χ1n) is 5.67. The maximum atomic E-state index is 8.83. The van der Waals surface area contributed by atoms with Crippen molar-refractivity contribution in [3.05, 3.63) is 0 Å². The SMILES string of the molecule is CC1OCC(CSSCC2COC(CO)O2)O1. The molecular formula is C10H18O5S2. The van der Waals surface area contributed by atoms with Crippen LogP contribution in [0.1, 0.15) is 6.92 Å². The summed E-state index contributed by atoms with van der Waals surface area (Å²) in [4.78, 5) is 0. The minimum absolute atomic E-state index is 0.0672. The summed E-state index contributed by atoms with van der Waals surface area (Å²) in [7, 11) is 3.51. The molecule has 1 N–H and O–H groups in total. The van der Waals surface area contributed by atoms with E-state index in [4.69, 9.17) is 24.1 Å². The van der Waals surface area contributed by atoms with Gasteiger partial charge in [0.15, 0.2) is 12.6 Å². The first kappa shape index (κ1) is 13.9. The van der Waals surface area contributed by atoms with Crippen molar-refractivity contribution < 1.29 is 24.1 Å². The van der Waals surface area contributed by atoms with Crippen LogP contribution in [0.25, 0.3) is 0 Å². The fourth-order valence-electron chi connectivity index (χ4n) is 1.62. The minimum Gasteiger partial charge on any atom is -0.391 e. The molecule has 0 aromatic rings. The summed E-state index contributed by atoms with van der Waals surface area (Å²) in [6.07, 6.45) is -0.210. The number of aliphatic hydroxyl groups excluding tert-OH is 1. The van der Waals surface area contributed by atoms with E-state index in [1.807, 2.05) is 6.92 Å². The van der Waals surface area contributed by atoms with Gasteiger partial charge in [-0.2, -0.15) is 0 Å². The van der Waals surface area contributed by atoms with Crippen LogP contribution in [0.3, 0.4) is 0 Å². The Morgan fingerprint density at radius 1 is 1.06 bits per heavy atom. The molecule has 2 rings (SSSR count). The molecule has 2 saturated heterocycles. The van der Waals surface area contributed by atoms with E-state index in [0.717, 1.165) is 11.5 Å². The molecule has 2 heterocycles. The molecule has 2 aliphatic heterocycles. The second-order valence-corrected chi connectivity index (χ2v) is 6.48. The van der Waals surface area contributed by atoms with Gasteiger partial charge in [-0.15, -0.1) is 0 Å². The van der Waals surface area contributed by atoms with Crippen LogP contribution in [0.15, 0.2) is 0 Å². The van der Waals surface area contributed by atoms with Gasteiger partial charge in [-0.25, -0.2) is 0 Å². The van der Waals surface area contributed by atoms with Gasteiger partial charge in [0.2, 0.25) is 0 Å². The van der Waals surface area contributed by atoms with Gasteiger partial charge >= 0.3 is 0 Å². The third kappa shape index (κ3) is 4.59. The zero-order chi connectivity index (χ0) is 12.1. The van der Waals surface area contributed by atoms with Crippen LogP contribution in [0, 0.1) is 0 Å². The number of rotatable bonds is 6. The highest BCUT2D eigenvalue weighted by molar-refractivity contribution is 8.76. The quantitative estimate of drug-likeness (QED) is 0.573. The predicted molar refractivity (Wildman–Crippen MR) is 66.9 cm³/mol. The Bertz CT molecular complexity index is 231. The van der Waals surface area contributed by atoms with Crippen molar-refractivity contribution in [1.82, 2.24) is 0 Å². The molecule has 0 bridgehead atoms. The smallest absolute Gasteiger partial charge is 0.181 e. The van der Waals surface area contributed by atoms with Crippen molar-refractivity contribution in [3.8, 4) is 0 Å². The highest BCUT2D eigenvalue weighted by Crippen LogP contribution is 2.28. The Labute approximate surface area is 109 Å². The molecule has 5 nitrogen and oxygen atoms in total. The van der Waals surface area contributed by atoms with E-state index in [1.54, 1.807) is 21.6 Å². The van der Waals surface area contributed by atoms with E-state index in [1.165, 1.54) is 0 Å². The van der Waals surface area contributed by atoms with Gasteiger partial charge in [0.25, 0.3) is 0 Å². The Kier molecular flexibility index (Phi) is 5.88. The van der Waals surface area contributed by atoms with Gasteiger partial charge in [0.05, 0.1) is 32.0 Å². The van der Waals surface area contributed by atoms with E-state index in [0.29, 0.717) is 13.2 Å². The molecule has 4 unspecified atom stereocenters. The Morgan fingerprint density at radius 2 is 1.71 bits per heavy atom. The molecule has 2 fully saturated rings. The number of hydrogen-bond donors (Lipinski definition) is 1. The molecule has 0 aromatic heterocycles. The van der Waals surface area contributed by atoms with Crippen LogP contribution < -0.4 is 0 Å². The van der Waals surface area contributed by atoms with Gasteiger partial charge in [-0.1, -0.05) is 21.6 Å². The van der Waals surface area contributed by atoms with Crippen molar-refractivity contribution in [2.24, 2.45) is 0 Å². The normalized spacial score (nSPS) is 37.8. The minimum atomic E-state index is -0.432. The summed E-state index contributed by atoms with van der Waals surface area (Å²) in [6.45, 7) is 3.10. The standard InChI is InChI=1S/C10H18O5S2/c1-7-12-3-8(14-7)5-16-17-6-9-4-13-10(2-11)15-9/h7-11H,2-6H2,1H3. The topological polar surface area (TPSA) is 57.2 Å². The average Bonchev–Trinajstić information content (AvgIpc) is 2.93. The van der Waals surface area contributed by atoms with Crippen LogP contribution in [-0.2, 0) is 18.9 Å². The van der Waals surface area contributed by atoms with Gasteiger partial charge in [-0.05, 0) is 6.92 Å². The maximum Gasteiger partial charge on any atom is 0.181 e. The van der Waals surface area contributed by atoms with Crippen LogP contribution in [0.5, 0.6) is 0 Å². The summed E-state index contributed by atoms with van der Waals surface area (Å²) in [6, 6.07) is 0. The van der Waals surface area contributed by atoms with Crippen molar-refractivity contribution in [2.45, 2.75) is 31.7 Å². The predicted octanol–water partition coefficient (Wildman–Crippen LogP) is 0.863. The summed E-state index contributed by atoms with van der Waals surface area (Å²) in [5.74, 6) is 1.79. The lowest BCUT2D eigenvalue weighted by molar-refractivity contribution is -0.0847. The molecular weight excluding hydrogens is 264 g/mol. The monoisotopic (exact) mass is 282 g/mol. The lowest BCUT2D eigenvalue weighted by Gasteiger charge is -2.10. The largest absolute Gasteiger partial charge is 0.391 e. The van der Waals surface area contributed by atoms with Crippen LogP contribution in [-0.4, -0.2) is 61.2 Å². The van der Waals surface area contributed by atoms with E-state index >= 15 is 0 Å². The van der Waals surface area contributed by atoms with E-state index in [-0.39, 0.29) is 25.1 Å². The third-order valence-corrected chi connectivity index (χ3v) is 4.95. The summed E-state index contributed by atoms with van der Waals surface area (Å²) in [5.41, 5.74) is 0. The molecule has 4 atom stereocenters. The number of aliphatic hydroxyl groups is 1. The van der Waals surface area contributed by atoms with Crippen LogP contribution >= 0.6 is 21.6 Å². The van der Waals surface area contributed by atoms with E-state index in [2.05, 4.69) is 0 Å². The summed E-state index contributed by atoms with van der Waals surface area (Å²) in [5, 5.41) is 8.83. The zero-order valence-corrected chi connectivity index (χ0v) is 11.4. The molecule has 0 spiro atoms. The van der Waals surface area contributed by atoms with Gasteiger partial charge in [0.1, 0.15) is 0 Å². The molecule has 0 radical (unpaired) electrons. The number of ether oxygens (including phenoxy) is 4. The molecule has 0 aliphatic carbocycles. The van der Waals surface area contributed by atoms with Gasteiger partial charge in [0, 0.05) is 11.5 Å². The Balaban J connectivity index is 1.49. The number of hydrogen-bond acceptors (Lipinski definition) is 7. The third-order valence-electron chi connectivity index (χ3n) is 2.45. The maximum absolute atomic E-state index is 8.83. The fourth-order valence-corrected chi connectivity index (χ4v) is 3.95. The van der Waals surface area contributed by atoms with Gasteiger partial charge in [-0.3, -0.25) is 0 Å². The summed E-state index contributed by atoms with van der Waals surface area (Å²) < 4.78 is 21.5. The van der Waals surface area contributed by atoms with Gasteiger partial charge < -0.3 is 24.1 Å². The van der Waals surface area contributed by atoms with Crippen molar-refractivity contribution in [1.29, 1.82) is 0 Å². The highest BCUT2D eigenvalue weighted by Gasteiger charge is 2.26. The molecule has 17 heavy (non-hydrogen) atoms. The average molecular weight is 282 g/mol. The van der Waals surface area contributed by atoms with Crippen molar-refractivity contribution in [3.63, 3.8) is 0 Å². The lowest BCUT2D eigenvalue weighted by atomic mass is 10.4. The Hall–Kier alpha value is 0.500. The zero-order valence-electron chi connectivity index (χ0n) is 9.74. The summed E-state index contributed by atoms with van der Waals surface area (Å²) >= 11 is 0. The first-order chi connectivity index (χ1) is 8.28. The second kappa shape index (κ2) is 7.18. The molecule has 0 aromatic carbocycles. The van der Waals surface area contributed by atoms with Crippen LogP contribution in [0.2, 0.25) is 0 Å². The highest BCUT2D eigenvalue weighted by atomic mass is 33.1. The molecule has 100 valence electrons. The molecule has 2 aliphatic rings. The lowest BCUT2D eigenvalue weighted by Crippen LogP contribution is -2.17. The van der Waals surface area contributed by atoms with E-state index in [9.17, 15) is 0 Å². The first-order valence-corrected chi connectivity index (χ1v) is 8.16. The van der Waals surface area contributed by atoms with Crippen molar-refractivity contribution >= 4 is 21.6 Å². The van der Waals surface area contributed by atoms with E-state index < -0.39 is 6.29 Å². The molecule has 0 amide bonds.